The minimum atomic E-state index is -0.477. The number of hydrogen-bond donors (Lipinski definition) is 2. The zero-order valence-electron chi connectivity index (χ0n) is 20.6. The minimum absolute atomic E-state index is 0.000888. The number of rotatable bonds is 8. The number of fused-ring (bicyclic) bond motifs is 1. The smallest absolute Gasteiger partial charge is 0.331 e. The molecule has 1 heterocycles. The Labute approximate surface area is 213 Å². The summed E-state index contributed by atoms with van der Waals surface area (Å²) in [4.78, 5) is 51.0. The fourth-order valence-corrected chi connectivity index (χ4v) is 4.17. The molecular formula is C26H28ClN5O4. The molecule has 3 aromatic rings. The van der Waals surface area contributed by atoms with E-state index in [1.165, 1.54) is 22.8 Å². The number of anilines is 1. The van der Waals surface area contributed by atoms with Crippen LogP contribution in [0.1, 0.15) is 50.0 Å². The van der Waals surface area contributed by atoms with Crippen molar-refractivity contribution in [2.45, 2.75) is 53.2 Å². The van der Waals surface area contributed by atoms with Crippen molar-refractivity contribution in [3.8, 4) is 6.07 Å². The highest BCUT2D eigenvalue weighted by Gasteiger charge is 2.21. The Kier molecular flexibility index (Phi) is 8.33. The van der Waals surface area contributed by atoms with E-state index in [1.54, 1.807) is 25.1 Å². The molecule has 10 heteroatoms. The number of hydrogen-bond acceptors (Lipinski definition) is 5. The molecule has 0 unspecified atom stereocenters. The largest absolute Gasteiger partial charge is 0.349 e. The van der Waals surface area contributed by atoms with E-state index in [0.717, 1.165) is 4.57 Å². The standard InChI is InChI=1S/C26H28ClN5O4/c1-5-31-22-10-9-18(12-19(22)25(35)32(6-2)26(31)36)29-23(33)13-21(15(3)4)30-24(34)16-7-8-17(14-28)20(27)11-16/h7-12,15,21H,5-6,13H2,1-4H3,(H,29,33)(H,30,34)/t21-/m0/s1. The van der Waals surface area contributed by atoms with Crippen molar-refractivity contribution in [3.63, 3.8) is 0 Å². The molecule has 0 bridgehead atoms. The van der Waals surface area contributed by atoms with Crippen LogP contribution in [-0.2, 0) is 17.9 Å². The van der Waals surface area contributed by atoms with Crippen LogP contribution in [-0.4, -0.2) is 27.0 Å². The SMILES string of the molecule is CCn1c(=O)c2cc(NC(=O)C[C@H](NC(=O)c3ccc(C#N)c(Cl)c3)C(C)C)ccc2n(CC)c1=O. The lowest BCUT2D eigenvalue weighted by Gasteiger charge is -2.22. The van der Waals surface area contributed by atoms with Gasteiger partial charge >= 0.3 is 5.69 Å². The zero-order chi connectivity index (χ0) is 26.6. The lowest BCUT2D eigenvalue weighted by Crippen LogP contribution is -2.41. The highest BCUT2D eigenvalue weighted by Crippen LogP contribution is 2.19. The second kappa shape index (κ2) is 11.2. The van der Waals surface area contributed by atoms with Crippen LogP contribution >= 0.6 is 11.6 Å². The van der Waals surface area contributed by atoms with Crippen molar-refractivity contribution >= 4 is 40.0 Å². The Hall–Kier alpha value is -3.90. The first-order valence-electron chi connectivity index (χ1n) is 11.7. The lowest BCUT2D eigenvalue weighted by atomic mass is 9.99. The highest BCUT2D eigenvalue weighted by molar-refractivity contribution is 6.32. The van der Waals surface area contributed by atoms with Gasteiger partial charge in [0.2, 0.25) is 5.91 Å². The summed E-state index contributed by atoms with van der Waals surface area (Å²) in [6.07, 6.45) is -0.000888. The molecule has 0 saturated heterocycles. The summed E-state index contributed by atoms with van der Waals surface area (Å²) in [7, 11) is 0. The minimum Gasteiger partial charge on any atom is -0.349 e. The predicted octanol–water partition coefficient (Wildman–Crippen LogP) is 3.51. The van der Waals surface area contributed by atoms with Gasteiger partial charge in [-0.3, -0.25) is 23.5 Å². The average Bonchev–Trinajstić information content (AvgIpc) is 2.84. The summed E-state index contributed by atoms with van der Waals surface area (Å²) in [6.45, 7) is 7.97. The van der Waals surface area contributed by atoms with Gasteiger partial charge in [0, 0.05) is 36.8 Å². The zero-order valence-corrected chi connectivity index (χ0v) is 21.3. The third kappa shape index (κ3) is 5.50. The van der Waals surface area contributed by atoms with Crippen molar-refractivity contribution in [2.24, 2.45) is 5.92 Å². The van der Waals surface area contributed by atoms with Gasteiger partial charge in [-0.1, -0.05) is 25.4 Å². The van der Waals surface area contributed by atoms with Gasteiger partial charge in [-0.2, -0.15) is 5.26 Å². The van der Waals surface area contributed by atoms with Crippen molar-refractivity contribution in [1.29, 1.82) is 5.26 Å². The van der Waals surface area contributed by atoms with E-state index in [9.17, 15) is 19.2 Å². The normalized spacial score (nSPS) is 11.8. The summed E-state index contributed by atoms with van der Waals surface area (Å²) in [5, 5.41) is 15.2. The molecule has 0 spiro atoms. The van der Waals surface area contributed by atoms with E-state index in [2.05, 4.69) is 10.6 Å². The Morgan fingerprint density at radius 3 is 2.33 bits per heavy atom. The van der Waals surface area contributed by atoms with E-state index < -0.39 is 17.5 Å². The van der Waals surface area contributed by atoms with Gasteiger partial charge in [-0.25, -0.2) is 4.79 Å². The number of aryl methyl sites for hydroxylation is 1. The molecule has 3 rings (SSSR count). The van der Waals surface area contributed by atoms with Gasteiger partial charge < -0.3 is 10.6 Å². The first kappa shape index (κ1) is 26.7. The molecule has 0 aliphatic heterocycles. The summed E-state index contributed by atoms with van der Waals surface area (Å²) < 4.78 is 2.68. The highest BCUT2D eigenvalue weighted by atomic mass is 35.5. The van der Waals surface area contributed by atoms with Crippen LogP contribution < -0.4 is 21.9 Å². The van der Waals surface area contributed by atoms with Crippen LogP contribution in [0, 0.1) is 17.2 Å². The number of nitrogens with one attached hydrogen (secondary N) is 2. The van der Waals surface area contributed by atoms with Gasteiger partial charge in [0.05, 0.1) is 21.5 Å². The number of aromatic nitrogens is 2. The maximum absolute atomic E-state index is 12.8. The second-order valence-corrected chi connectivity index (χ2v) is 9.10. The van der Waals surface area contributed by atoms with Crippen LogP contribution in [0.3, 0.4) is 0 Å². The topological polar surface area (TPSA) is 126 Å². The maximum atomic E-state index is 12.8. The van der Waals surface area contributed by atoms with Gasteiger partial charge in [-0.05, 0) is 56.2 Å². The van der Waals surface area contributed by atoms with Crippen LogP contribution in [0.15, 0.2) is 46.0 Å². The third-order valence-corrected chi connectivity index (χ3v) is 6.33. The van der Waals surface area contributed by atoms with E-state index in [-0.39, 0.29) is 46.6 Å². The molecule has 1 aromatic heterocycles. The monoisotopic (exact) mass is 509 g/mol. The molecule has 36 heavy (non-hydrogen) atoms. The Bertz CT molecular complexity index is 1480. The maximum Gasteiger partial charge on any atom is 0.331 e. The number of nitrogens with zero attached hydrogens (tertiary/aromatic N) is 3. The molecule has 0 radical (unpaired) electrons. The fraction of sp³-hybridized carbons (Fsp3) is 0.346. The van der Waals surface area contributed by atoms with Crippen molar-refractivity contribution in [2.75, 3.05) is 5.32 Å². The molecule has 2 aromatic carbocycles. The fourth-order valence-electron chi connectivity index (χ4n) is 3.95. The molecule has 0 aliphatic carbocycles. The predicted molar refractivity (Wildman–Crippen MR) is 139 cm³/mol. The molecule has 0 fully saturated rings. The summed E-state index contributed by atoms with van der Waals surface area (Å²) in [5.74, 6) is -0.803. The number of benzene rings is 2. The van der Waals surface area contributed by atoms with Crippen molar-refractivity contribution < 1.29 is 9.59 Å². The molecule has 0 saturated carbocycles. The summed E-state index contributed by atoms with van der Waals surface area (Å²) >= 11 is 6.04. The summed E-state index contributed by atoms with van der Waals surface area (Å²) in [6, 6.07) is 10.7. The van der Waals surface area contributed by atoms with Gasteiger partial charge in [0.25, 0.3) is 11.5 Å². The Morgan fingerprint density at radius 2 is 1.75 bits per heavy atom. The molecule has 2 amide bonds. The van der Waals surface area contributed by atoms with E-state index in [0.29, 0.717) is 23.1 Å². The van der Waals surface area contributed by atoms with E-state index >= 15 is 0 Å². The Morgan fingerprint density at radius 1 is 1.06 bits per heavy atom. The first-order valence-corrected chi connectivity index (χ1v) is 12.1. The quantitative estimate of drug-likeness (QED) is 0.480. The Balaban J connectivity index is 1.80. The van der Waals surface area contributed by atoms with Crippen LogP contribution in [0.4, 0.5) is 5.69 Å². The molecule has 2 N–H and O–H groups in total. The van der Waals surface area contributed by atoms with Gasteiger partial charge in [-0.15, -0.1) is 0 Å². The van der Waals surface area contributed by atoms with Gasteiger partial charge in [0.1, 0.15) is 6.07 Å². The van der Waals surface area contributed by atoms with Crippen molar-refractivity contribution in [1.82, 2.24) is 14.5 Å². The molecule has 188 valence electrons. The van der Waals surface area contributed by atoms with E-state index in [4.69, 9.17) is 16.9 Å². The summed E-state index contributed by atoms with van der Waals surface area (Å²) in [5.41, 5.74) is 0.698. The molecule has 1 atom stereocenters. The number of nitriles is 1. The second-order valence-electron chi connectivity index (χ2n) is 8.69. The van der Waals surface area contributed by atoms with Crippen LogP contribution in [0.2, 0.25) is 5.02 Å². The number of carbonyl (C=O) groups is 2. The first-order chi connectivity index (χ1) is 17.1. The third-order valence-electron chi connectivity index (χ3n) is 6.02. The molecular weight excluding hydrogens is 482 g/mol. The van der Waals surface area contributed by atoms with Crippen LogP contribution in [0.25, 0.3) is 10.9 Å². The number of amides is 2. The lowest BCUT2D eigenvalue weighted by molar-refractivity contribution is -0.116. The van der Waals surface area contributed by atoms with Crippen molar-refractivity contribution in [3.05, 3.63) is 73.4 Å². The number of carbonyl (C=O) groups excluding carboxylic acids is 2. The molecule has 9 nitrogen and oxygen atoms in total. The molecule has 0 aliphatic rings. The average molecular weight is 510 g/mol. The van der Waals surface area contributed by atoms with E-state index in [1.807, 2.05) is 26.8 Å². The van der Waals surface area contributed by atoms with Crippen LogP contribution in [0.5, 0.6) is 0 Å². The van der Waals surface area contributed by atoms with Gasteiger partial charge in [0.15, 0.2) is 0 Å². The number of halogens is 1.